The van der Waals surface area contributed by atoms with Gasteiger partial charge in [-0.25, -0.2) is 0 Å². The molecule has 1 nitrogen and oxygen atoms in total. The standard InChI is InChI=1S/C9H6OS.C8H5BrS/c10-6-8-3-1-2-7-4-5-11-9(7)8;9-7-3-1-2-6-4-5-10-8(6)7/h1-6H;1-5H. The Bertz CT molecular complexity index is 892. The maximum Gasteiger partial charge on any atom is 0.151 e. The third-order valence-electron chi connectivity index (χ3n) is 3.07. The van der Waals surface area contributed by atoms with Crippen LogP contribution in [0.3, 0.4) is 0 Å². The number of thiophene rings is 2. The normalized spacial score (nSPS) is 10.3. The maximum absolute atomic E-state index is 10.5. The van der Waals surface area contributed by atoms with E-state index in [0.29, 0.717) is 0 Å². The summed E-state index contributed by atoms with van der Waals surface area (Å²) in [4.78, 5) is 10.5. The fraction of sp³-hybridized carbons (Fsp3) is 0. The van der Waals surface area contributed by atoms with Gasteiger partial charge in [0.25, 0.3) is 0 Å². The highest BCUT2D eigenvalue weighted by Crippen LogP contribution is 2.28. The predicted octanol–water partition coefficient (Wildman–Crippen LogP) is 6.38. The van der Waals surface area contributed by atoms with Gasteiger partial charge in [0, 0.05) is 19.4 Å². The molecule has 0 N–H and O–H groups in total. The zero-order valence-corrected chi connectivity index (χ0v) is 14.2. The number of hydrogen-bond acceptors (Lipinski definition) is 3. The Balaban J connectivity index is 0.000000126. The van der Waals surface area contributed by atoms with Gasteiger partial charge < -0.3 is 0 Å². The van der Waals surface area contributed by atoms with Gasteiger partial charge >= 0.3 is 0 Å². The summed E-state index contributed by atoms with van der Waals surface area (Å²) in [5.74, 6) is 0. The van der Waals surface area contributed by atoms with Gasteiger partial charge in [0.1, 0.15) is 0 Å². The molecule has 0 atom stereocenters. The Kier molecular flexibility index (Phi) is 4.48. The molecule has 2 heterocycles. The van der Waals surface area contributed by atoms with Crippen LogP contribution in [0.4, 0.5) is 0 Å². The van der Waals surface area contributed by atoms with Crippen LogP contribution >= 0.6 is 38.6 Å². The monoisotopic (exact) mass is 374 g/mol. The van der Waals surface area contributed by atoms with Gasteiger partial charge in [-0.1, -0.05) is 30.3 Å². The zero-order valence-electron chi connectivity index (χ0n) is 11.0. The van der Waals surface area contributed by atoms with Gasteiger partial charge in [-0.3, -0.25) is 4.79 Å². The molecule has 0 saturated heterocycles. The number of aldehydes is 1. The molecule has 0 aliphatic heterocycles. The fourth-order valence-electron chi connectivity index (χ4n) is 2.07. The van der Waals surface area contributed by atoms with Crippen molar-refractivity contribution < 1.29 is 4.79 Å². The van der Waals surface area contributed by atoms with Gasteiger partial charge in [0.05, 0.1) is 0 Å². The highest BCUT2D eigenvalue weighted by molar-refractivity contribution is 9.10. The van der Waals surface area contributed by atoms with Crippen LogP contribution in [0, 0.1) is 0 Å². The Morgan fingerprint density at radius 2 is 1.43 bits per heavy atom. The molecule has 4 heteroatoms. The van der Waals surface area contributed by atoms with Gasteiger partial charge in [-0.05, 0) is 55.7 Å². The van der Waals surface area contributed by atoms with Crippen molar-refractivity contribution in [2.24, 2.45) is 0 Å². The molecule has 4 aromatic rings. The zero-order chi connectivity index (χ0) is 14.7. The molecule has 0 radical (unpaired) electrons. The average molecular weight is 375 g/mol. The summed E-state index contributed by atoms with van der Waals surface area (Å²) in [5.41, 5.74) is 0.789. The molecule has 0 aliphatic rings. The van der Waals surface area contributed by atoms with Crippen molar-refractivity contribution in [2.45, 2.75) is 0 Å². The third-order valence-corrected chi connectivity index (χ3v) is 5.93. The van der Waals surface area contributed by atoms with E-state index in [1.54, 1.807) is 22.7 Å². The summed E-state index contributed by atoms with van der Waals surface area (Å²) < 4.78 is 3.62. The summed E-state index contributed by atoms with van der Waals surface area (Å²) in [6, 6.07) is 16.1. The Hall–Kier alpha value is -1.49. The van der Waals surface area contributed by atoms with E-state index >= 15 is 0 Å². The highest BCUT2D eigenvalue weighted by atomic mass is 79.9. The molecule has 104 valence electrons. The topological polar surface area (TPSA) is 17.1 Å². The van der Waals surface area contributed by atoms with Crippen LogP contribution in [0.1, 0.15) is 10.4 Å². The van der Waals surface area contributed by atoms with Crippen molar-refractivity contribution in [3.8, 4) is 0 Å². The second-order valence-corrected chi connectivity index (χ2v) is 7.07. The quantitative estimate of drug-likeness (QED) is 0.353. The van der Waals surface area contributed by atoms with E-state index in [0.717, 1.165) is 21.9 Å². The van der Waals surface area contributed by atoms with Crippen molar-refractivity contribution in [3.05, 3.63) is 69.3 Å². The number of hydrogen-bond donors (Lipinski definition) is 0. The van der Waals surface area contributed by atoms with Crippen molar-refractivity contribution in [1.29, 1.82) is 0 Å². The Morgan fingerprint density at radius 1 is 0.810 bits per heavy atom. The number of halogens is 1. The summed E-state index contributed by atoms with van der Waals surface area (Å²) in [6.45, 7) is 0. The van der Waals surface area contributed by atoms with Crippen LogP contribution in [-0.4, -0.2) is 6.29 Å². The lowest BCUT2D eigenvalue weighted by Crippen LogP contribution is -1.76. The third kappa shape index (κ3) is 3.07. The Labute approximate surface area is 139 Å². The van der Waals surface area contributed by atoms with E-state index in [1.165, 1.54) is 14.6 Å². The first-order valence-corrected chi connectivity index (χ1v) is 8.88. The first kappa shape index (κ1) is 14.4. The van der Waals surface area contributed by atoms with Gasteiger partial charge in [-0.15, -0.1) is 22.7 Å². The molecule has 2 aromatic carbocycles. The van der Waals surface area contributed by atoms with E-state index in [4.69, 9.17) is 0 Å². The Morgan fingerprint density at radius 3 is 2.10 bits per heavy atom. The molecule has 0 amide bonds. The van der Waals surface area contributed by atoms with E-state index in [2.05, 4.69) is 45.6 Å². The summed E-state index contributed by atoms with van der Waals surface area (Å²) in [6.07, 6.45) is 0.902. The molecule has 0 unspecified atom stereocenters. The second-order valence-electron chi connectivity index (χ2n) is 4.38. The van der Waals surface area contributed by atoms with Crippen molar-refractivity contribution >= 4 is 65.1 Å². The van der Waals surface area contributed by atoms with Gasteiger partial charge in [-0.2, -0.15) is 0 Å². The smallest absolute Gasteiger partial charge is 0.151 e. The lowest BCUT2D eigenvalue weighted by atomic mass is 10.2. The molecule has 4 rings (SSSR count). The van der Waals surface area contributed by atoms with Crippen molar-refractivity contribution in [3.63, 3.8) is 0 Å². The van der Waals surface area contributed by atoms with E-state index in [1.807, 2.05) is 29.6 Å². The van der Waals surface area contributed by atoms with E-state index < -0.39 is 0 Å². The van der Waals surface area contributed by atoms with Gasteiger partial charge in [0.15, 0.2) is 6.29 Å². The molecular formula is C17H11BrOS2. The SMILES string of the molecule is Brc1cccc2ccsc12.O=Cc1cccc2ccsc12. The molecule has 0 fully saturated rings. The molecule has 21 heavy (non-hydrogen) atoms. The highest BCUT2D eigenvalue weighted by Gasteiger charge is 1.98. The molecule has 0 saturated carbocycles. The maximum atomic E-state index is 10.5. The molecule has 0 spiro atoms. The second kappa shape index (κ2) is 6.52. The minimum Gasteiger partial charge on any atom is -0.298 e. The largest absolute Gasteiger partial charge is 0.298 e. The van der Waals surface area contributed by atoms with Crippen molar-refractivity contribution in [2.75, 3.05) is 0 Å². The van der Waals surface area contributed by atoms with Crippen LogP contribution < -0.4 is 0 Å². The first-order valence-electron chi connectivity index (χ1n) is 6.33. The van der Waals surface area contributed by atoms with Crippen LogP contribution in [-0.2, 0) is 0 Å². The lowest BCUT2D eigenvalue weighted by Gasteiger charge is -1.90. The van der Waals surface area contributed by atoms with E-state index in [9.17, 15) is 4.79 Å². The summed E-state index contributed by atoms with van der Waals surface area (Å²) in [7, 11) is 0. The number of benzene rings is 2. The minimum atomic E-state index is 0.789. The van der Waals surface area contributed by atoms with Crippen LogP contribution in [0.2, 0.25) is 0 Å². The number of carbonyl (C=O) groups excluding carboxylic acids is 1. The van der Waals surface area contributed by atoms with Crippen LogP contribution in [0.5, 0.6) is 0 Å². The number of rotatable bonds is 1. The van der Waals surface area contributed by atoms with Gasteiger partial charge in [0.2, 0.25) is 0 Å². The van der Waals surface area contributed by atoms with Crippen molar-refractivity contribution in [1.82, 2.24) is 0 Å². The molecule has 0 bridgehead atoms. The summed E-state index contributed by atoms with van der Waals surface area (Å²) in [5, 5.41) is 6.58. The minimum absolute atomic E-state index is 0.789. The predicted molar refractivity (Wildman–Crippen MR) is 96.7 cm³/mol. The molecule has 2 aromatic heterocycles. The molecule has 0 aliphatic carbocycles. The van der Waals surface area contributed by atoms with Crippen LogP contribution in [0.15, 0.2) is 63.8 Å². The fourth-order valence-corrected chi connectivity index (χ4v) is 4.41. The summed E-state index contributed by atoms with van der Waals surface area (Å²) >= 11 is 6.86. The average Bonchev–Trinajstić information content (AvgIpc) is 3.16. The van der Waals surface area contributed by atoms with Crippen LogP contribution in [0.25, 0.3) is 20.2 Å². The number of fused-ring (bicyclic) bond motifs is 2. The van der Waals surface area contributed by atoms with E-state index in [-0.39, 0.29) is 0 Å². The first-order chi connectivity index (χ1) is 10.3. The number of carbonyl (C=O) groups is 1. The lowest BCUT2D eigenvalue weighted by molar-refractivity contribution is 0.112. The molecular weight excluding hydrogens is 364 g/mol.